The Labute approximate surface area is 181 Å². The lowest BCUT2D eigenvalue weighted by Crippen LogP contribution is -2.47. The molecule has 1 aromatic heterocycles. The Morgan fingerprint density at radius 2 is 2.13 bits per heavy atom. The number of halogens is 1. The van der Waals surface area contributed by atoms with Crippen LogP contribution < -0.4 is 4.74 Å². The molecule has 1 atom stereocenters. The highest BCUT2D eigenvalue weighted by molar-refractivity contribution is 7.10. The van der Waals surface area contributed by atoms with E-state index in [1.165, 1.54) is 23.9 Å². The first kappa shape index (κ1) is 22.3. The van der Waals surface area contributed by atoms with Crippen molar-refractivity contribution in [3.63, 3.8) is 0 Å². The number of carbonyl (C=O) groups is 2. The minimum atomic E-state index is -0.359. The zero-order chi connectivity index (χ0) is 21.7. The second kappa shape index (κ2) is 10.1. The van der Waals surface area contributed by atoms with Gasteiger partial charge in [-0.1, -0.05) is 19.9 Å². The van der Waals surface area contributed by atoms with Gasteiger partial charge in [-0.3, -0.25) is 9.59 Å². The summed E-state index contributed by atoms with van der Waals surface area (Å²) in [7, 11) is 0. The third-order valence-corrected chi connectivity index (χ3v) is 6.36. The van der Waals surface area contributed by atoms with Crippen LogP contribution >= 0.6 is 11.3 Å². The Bertz CT molecular complexity index is 883. The number of ether oxygens (including phenoxy) is 1. The SMILES string of the molecule is CC(=O)N(CCC(C)C)CC(=O)N1CCc2sccc2[C@H]1COc1cccc(F)c1. The summed E-state index contributed by atoms with van der Waals surface area (Å²) in [5, 5.41) is 2.03. The number of nitrogens with zero attached hydrogens (tertiary/aromatic N) is 2. The number of benzene rings is 1. The molecule has 0 fully saturated rings. The zero-order valence-electron chi connectivity index (χ0n) is 17.8. The molecule has 30 heavy (non-hydrogen) atoms. The van der Waals surface area contributed by atoms with Gasteiger partial charge in [-0.25, -0.2) is 4.39 Å². The van der Waals surface area contributed by atoms with Crippen LogP contribution in [0.3, 0.4) is 0 Å². The summed E-state index contributed by atoms with van der Waals surface area (Å²) in [5.74, 6) is 0.357. The summed E-state index contributed by atoms with van der Waals surface area (Å²) in [6.07, 6.45) is 1.65. The van der Waals surface area contributed by atoms with Crippen molar-refractivity contribution in [1.29, 1.82) is 0 Å². The number of carbonyl (C=O) groups excluding carboxylic acids is 2. The van der Waals surface area contributed by atoms with Gasteiger partial charge in [-0.15, -0.1) is 11.3 Å². The Balaban J connectivity index is 1.74. The number of rotatable bonds is 8. The third-order valence-electron chi connectivity index (χ3n) is 5.37. The van der Waals surface area contributed by atoms with Crippen LogP contribution in [0.4, 0.5) is 4.39 Å². The van der Waals surface area contributed by atoms with Crippen LogP contribution in [0.15, 0.2) is 35.7 Å². The molecule has 1 aliphatic heterocycles. The number of amides is 2. The standard InChI is InChI=1S/C23H29FN2O3S/c1-16(2)7-10-25(17(3)27)14-23(28)26-11-8-22-20(9-12-30-22)21(26)15-29-19-6-4-5-18(24)13-19/h4-6,9,12-13,16,21H,7-8,10-11,14-15H2,1-3H3/t21-/m1/s1. The molecule has 7 heteroatoms. The van der Waals surface area contributed by atoms with Gasteiger partial charge in [0.15, 0.2) is 0 Å². The molecule has 0 radical (unpaired) electrons. The third kappa shape index (κ3) is 5.59. The zero-order valence-corrected chi connectivity index (χ0v) is 18.6. The molecule has 0 saturated carbocycles. The molecule has 1 aromatic carbocycles. The van der Waals surface area contributed by atoms with Crippen molar-refractivity contribution in [3.8, 4) is 5.75 Å². The Morgan fingerprint density at radius 1 is 1.33 bits per heavy atom. The normalized spacial score (nSPS) is 15.8. The van der Waals surface area contributed by atoms with E-state index in [4.69, 9.17) is 4.74 Å². The highest BCUT2D eigenvalue weighted by Crippen LogP contribution is 2.34. The smallest absolute Gasteiger partial charge is 0.242 e. The van der Waals surface area contributed by atoms with Gasteiger partial charge in [0.1, 0.15) is 18.2 Å². The lowest BCUT2D eigenvalue weighted by atomic mass is 10.0. The topological polar surface area (TPSA) is 49.9 Å². The van der Waals surface area contributed by atoms with E-state index >= 15 is 0 Å². The molecule has 162 valence electrons. The van der Waals surface area contributed by atoms with Crippen molar-refractivity contribution in [3.05, 3.63) is 52.0 Å². The van der Waals surface area contributed by atoms with E-state index in [1.807, 2.05) is 11.4 Å². The molecule has 0 aliphatic carbocycles. The van der Waals surface area contributed by atoms with Crippen molar-refractivity contribution in [2.75, 3.05) is 26.2 Å². The summed E-state index contributed by atoms with van der Waals surface area (Å²) < 4.78 is 19.3. The molecule has 3 rings (SSSR count). The van der Waals surface area contributed by atoms with Gasteiger partial charge in [-0.2, -0.15) is 0 Å². The van der Waals surface area contributed by atoms with E-state index in [1.54, 1.807) is 33.3 Å². The molecule has 0 bridgehead atoms. The lowest BCUT2D eigenvalue weighted by Gasteiger charge is -2.37. The van der Waals surface area contributed by atoms with Crippen molar-refractivity contribution in [1.82, 2.24) is 9.80 Å². The Kier molecular flexibility index (Phi) is 7.48. The number of hydrogen-bond donors (Lipinski definition) is 0. The average molecular weight is 433 g/mol. The summed E-state index contributed by atoms with van der Waals surface area (Å²) in [4.78, 5) is 29.9. The predicted molar refractivity (Wildman–Crippen MR) is 116 cm³/mol. The molecular weight excluding hydrogens is 403 g/mol. The van der Waals surface area contributed by atoms with E-state index in [0.29, 0.717) is 24.8 Å². The van der Waals surface area contributed by atoms with Crippen LogP contribution in [0.1, 0.15) is 43.7 Å². The van der Waals surface area contributed by atoms with Gasteiger partial charge in [0.2, 0.25) is 11.8 Å². The molecule has 0 saturated heterocycles. The first-order valence-corrected chi connectivity index (χ1v) is 11.2. The van der Waals surface area contributed by atoms with E-state index in [2.05, 4.69) is 13.8 Å². The number of thiophene rings is 1. The maximum absolute atomic E-state index is 13.5. The minimum absolute atomic E-state index is 0.0674. The fraction of sp³-hybridized carbons (Fsp3) is 0.478. The molecule has 2 amide bonds. The Hall–Kier alpha value is -2.41. The van der Waals surface area contributed by atoms with Crippen molar-refractivity contribution >= 4 is 23.2 Å². The van der Waals surface area contributed by atoms with Gasteiger partial charge >= 0.3 is 0 Å². The maximum atomic E-state index is 13.5. The van der Waals surface area contributed by atoms with Gasteiger partial charge in [0.25, 0.3) is 0 Å². The fourth-order valence-electron chi connectivity index (χ4n) is 3.62. The largest absolute Gasteiger partial charge is 0.491 e. The summed E-state index contributed by atoms with van der Waals surface area (Å²) in [5.41, 5.74) is 1.08. The molecule has 2 heterocycles. The van der Waals surface area contributed by atoms with E-state index in [0.717, 1.165) is 18.4 Å². The van der Waals surface area contributed by atoms with Gasteiger partial charge in [0.05, 0.1) is 12.6 Å². The van der Waals surface area contributed by atoms with Crippen molar-refractivity contribution < 1.29 is 18.7 Å². The van der Waals surface area contributed by atoms with E-state index in [-0.39, 0.29) is 36.8 Å². The van der Waals surface area contributed by atoms with Gasteiger partial charge in [0, 0.05) is 31.0 Å². The first-order valence-electron chi connectivity index (χ1n) is 10.3. The quantitative estimate of drug-likeness (QED) is 0.625. The van der Waals surface area contributed by atoms with Crippen LogP contribution in [0, 0.1) is 11.7 Å². The van der Waals surface area contributed by atoms with Gasteiger partial charge in [-0.05, 0) is 47.9 Å². The van der Waals surface area contributed by atoms with Crippen LogP contribution in [-0.2, 0) is 16.0 Å². The Morgan fingerprint density at radius 3 is 2.83 bits per heavy atom. The predicted octanol–water partition coefficient (Wildman–Crippen LogP) is 4.29. The summed E-state index contributed by atoms with van der Waals surface area (Å²) in [6.45, 7) is 7.17. The number of fused-ring (bicyclic) bond motifs is 1. The lowest BCUT2D eigenvalue weighted by molar-refractivity contribution is -0.142. The molecular formula is C23H29FN2O3S. The van der Waals surface area contributed by atoms with Crippen LogP contribution in [0.5, 0.6) is 5.75 Å². The highest BCUT2D eigenvalue weighted by Gasteiger charge is 2.33. The van der Waals surface area contributed by atoms with Crippen LogP contribution in [-0.4, -0.2) is 47.9 Å². The van der Waals surface area contributed by atoms with Crippen molar-refractivity contribution in [2.24, 2.45) is 5.92 Å². The molecule has 5 nitrogen and oxygen atoms in total. The summed E-state index contributed by atoms with van der Waals surface area (Å²) in [6, 6.07) is 7.79. The highest BCUT2D eigenvalue weighted by atomic mass is 32.1. The summed E-state index contributed by atoms with van der Waals surface area (Å²) >= 11 is 1.68. The molecule has 0 N–H and O–H groups in total. The average Bonchev–Trinajstić information content (AvgIpc) is 3.17. The molecule has 2 aromatic rings. The van der Waals surface area contributed by atoms with E-state index < -0.39 is 0 Å². The molecule has 0 spiro atoms. The van der Waals surface area contributed by atoms with Crippen LogP contribution in [0.25, 0.3) is 0 Å². The molecule has 0 unspecified atom stereocenters. The van der Waals surface area contributed by atoms with Crippen molar-refractivity contribution in [2.45, 2.75) is 39.7 Å². The second-order valence-corrected chi connectivity index (χ2v) is 9.04. The fourth-order valence-corrected chi connectivity index (χ4v) is 4.55. The second-order valence-electron chi connectivity index (χ2n) is 8.04. The van der Waals surface area contributed by atoms with E-state index in [9.17, 15) is 14.0 Å². The number of hydrogen-bond acceptors (Lipinski definition) is 4. The first-order chi connectivity index (χ1) is 14.3. The monoisotopic (exact) mass is 432 g/mol. The minimum Gasteiger partial charge on any atom is -0.491 e. The van der Waals surface area contributed by atoms with Crippen LogP contribution in [0.2, 0.25) is 0 Å². The molecule has 1 aliphatic rings. The van der Waals surface area contributed by atoms with Gasteiger partial charge < -0.3 is 14.5 Å². The maximum Gasteiger partial charge on any atom is 0.242 e.